The van der Waals surface area contributed by atoms with Gasteiger partial charge in [0, 0.05) is 12.6 Å². The molecule has 5 nitrogen and oxygen atoms in total. The number of amides is 1. The molecule has 0 radical (unpaired) electrons. The van der Waals surface area contributed by atoms with E-state index >= 15 is 0 Å². The zero-order valence-electron chi connectivity index (χ0n) is 8.94. The second-order valence-electron chi connectivity index (χ2n) is 3.63. The second kappa shape index (κ2) is 5.58. The van der Waals surface area contributed by atoms with Crippen molar-refractivity contribution in [2.24, 2.45) is 0 Å². The van der Waals surface area contributed by atoms with Crippen molar-refractivity contribution in [1.82, 2.24) is 4.90 Å². The molecule has 86 valence electrons. The molecular formula is C10H17NO4. The fourth-order valence-electron chi connectivity index (χ4n) is 1.88. The van der Waals surface area contributed by atoms with E-state index in [9.17, 15) is 9.59 Å². The molecule has 0 aliphatic carbocycles. The molecule has 1 fully saturated rings. The van der Waals surface area contributed by atoms with Gasteiger partial charge in [0.25, 0.3) is 0 Å². The van der Waals surface area contributed by atoms with Crippen molar-refractivity contribution >= 4 is 12.1 Å². The van der Waals surface area contributed by atoms with Gasteiger partial charge in [-0.15, -0.1) is 0 Å². The Balaban J connectivity index is 2.49. The van der Waals surface area contributed by atoms with Crippen LogP contribution < -0.4 is 0 Å². The molecule has 1 amide bonds. The molecule has 1 rings (SSSR count). The predicted molar refractivity (Wildman–Crippen MR) is 53.6 cm³/mol. The maximum atomic E-state index is 11.2. The van der Waals surface area contributed by atoms with Gasteiger partial charge in [-0.05, 0) is 26.2 Å². The van der Waals surface area contributed by atoms with E-state index in [4.69, 9.17) is 9.84 Å². The summed E-state index contributed by atoms with van der Waals surface area (Å²) < 4.78 is 4.81. The van der Waals surface area contributed by atoms with Crippen LogP contribution in [0.3, 0.4) is 0 Å². The summed E-state index contributed by atoms with van der Waals surface area (Å²) in [5.41, 5.74) is 0. The molecule has 1 atom stereocenters. The highest BCUT2D eigenvalue weighted by Crippen LogP contribution is 2.20. The summed E-state index contributed by atoms with van der Waals surface area (Å²) in [5.74, 6) is -0.310. The number of hydrogen-bond acceptors (Lipinski definition) is 3. The number of carboxylic acid groups (broad SMARTS) is 1. The molecule has 1 unspecified atom stereocenters. The van der Waals surface area contributed by atoms with Gasteiger partial charge in [-0.25, -0.2) is 4.79 Å². The molecular weight excluding hydrogens is 198 g/mol. The first-order chi connectivity index (χ1) is 7.15. The molecule has 1 saturated heterocycles. The van der Waals surface area contributed by atoms with Gasteiger partial charge < -0.3 is 14.7 Å². The largest absolute Gasteiger partial charge is 0.466 e. The van der Waals surface area contributed by atoms with Crippen LogP contribution in [0, 0.1) is 0 Å². The predicted octanol–water partition coefficient (Wildman–Crippen LogP) is 1.47. The first kappa shape index (κ1) is 11.8. The van der Waals surface area contributed by atoms with Crippen molar-refractivity contribution in [2.75, 3.05) is 13.2 Å². The van der Waals surface area contributed by atoms with E-state index in [0.29, 0.717) is 13.2 Å². The minimum absolute atomic E-state index is 0.181. The lowest BCUT2D eigenvalue weighted by atomic mass is 10.00. The Morgan fingerprint density at radius 2 is 2.20 bits per heavy atom. The van der Waals surface area contributed by atoms with E-state index in [-0.39, 0.29) is 18.4 Å². The van der Waals surface area contributed by atoms with Gasteiger partial charge in [-0.3, -0.25) is 4.79 Å². The molecule has 0 aromatic heterocycles. The van der Waals surface area contributed by atoms with Gasteiger partial charge in [0.2, 0.25) is 0 Å². The maximum Gasteiger partial charge on any atom is 0.407 e. The summed E-state index contributed by atoms with van der Waals surface area (Å²) >= 11 is 0. The quantitative estimate of drug-likeness (QED) is 0.724. The second-order valence-corrected chi connectivity index (χ2v) is 3.63. The molecule has 15 heavy (non-hydrogen) atoms. The van der Waals surface area contributed by atoms with Crippen LogP contribution >= 0.6 is 0 Å². The van der Waals surface area contributed by atoms with Crippen molar-refractivity contribution in [3.63, 3.8) is 0 Å². The summed E-state index contributed by atoms with van der Waals surface area (Å²) in [6.45, 7) is 2.62. The van der Waals surface area contributed by atoms with Gasteiger partial charge in [-0.1, -0.05) is 0 Å². The van der Waals surface area contributed by atoms with Crippen molar-refractivity contribution in [3.8, 4) is 0 Å². The van der Waals surface area contributed by atoms with Gasteiger partial charge >= 0.3 is 12.1 Å². The van der Waals surface area contributed by atoms with E-state index in [0.717, 1.165) is 19.3 Å². The minimum Gasteiger partial charge on any atom is -0.466 e. The highest BCUT2D eigenvalue weighted by molar-refractivity contribution is 5.72. The van der Waals surface area contributed by atoms with Crippen molar-refractivity contribution < 1.29 is 19.4 Å². The molecule has 5 heteroatoms. The third-order valence-electron chi connectivity index (χ3n) is 2.58. The van der Waals surface area contributed by atoms with Gasteiger partial charge in [0.1, 0.15) is 0 Å². The van der Waals surface area contributed by atoms with E-state index in [1.54, 1.807) is 6.92 Å². The number of hydrogen-bond donors (Lipinski definition) is 1. The third-order valence-corrected chi connectivity index (χ3v) is 2.58. The SMILES string of the molecule is CCOC(=O)CC1CCCCN1C(=O)O. The summed E-state index contributed by atoms with van der Waals surface area (Å²) in [5, 5.41) is 8.93. The van der Waals surface area contributed by atoms with Crippen LogP contribution in [-0.4, -0.2) is 41.3 Å². The molecule has 0 saturated carbocycles. The fourth-order valence-corrected chi connectivity index (χ4v) is 1.88. The van der Waals surface area contributed by atoms with Crippen LogP contribution in [0.25, 0.3) is 0 Å². The fraction of sp³-hybridized carbons (Fsp3) is 0.800. The maximum absolute atomic E-state index is 11.2. The zero-order valence-corrected chi connectivity index (χ0v) is 8.94. The zero-order chi connectivity index (χ0) is 11.3. The third kappa shape index (κ3) is 3.42. The lowest BCUT2D eigenvalue weighted by Gasteiger charge is -2.32. The highest BCUT2D eigenvalue weighted by Gasteiger charge is 2.28. The minimum atomic E-state index is -0.941. The molecule has 1 N–H and O–H groups in total. The Kier molecular flexibility index (Phi) is 4.39. The molecule has 0 bridgehead atoms. The first-order valence-electron chi connectivity index (χ1n) is 5.30. The first-order valence-corrected chi connectivity index (χ1v) is 5.30. The van der Waals surface area contributed by atoms with Gasteiger partial charge in [0.05, 0.1) is 13.0 Å². The Bertz CT molecular complexity index is 242. The van der Waals surface area contributed by atoms with Gasteiger partial charge in [-0.2, -0.15) is 0 Å². The Morgan fingerprint density at radius 1 is 1.47 bits per heavy atom. The molecule has 0 aromatic carbocycles. The standard InChI is InChI=1S/C10H17NO4/c1-2-15-9(12)7-8-5-3-4-6-11(8)10(13)14/h8H,2-7H2,1H3,(H,13,14). The summed E-state index contributed by atoms with van der Waals surface area (Å²) in [7, 11) is 0. The van der Waals surface area contributed by atoms with E-state index in [1.807, 2.05) is 0 Å². The van der Waals surface area contributed by atoms with Crippen LogP contribution in [0.2, 0.25) is 0 Å². The van der Waals surface area contributed by atoms with E-state index in [1.165, 1.54) is 4.90 Å². The number of nitrogens with zero attached hydrogens (tertiary/aromatic N) is 1. The monoisotopic (exact) mass is 215 g/mol. The average Bonchev–Trinajstić information content (AvgIpc) is 2.18. The number of esters is 1. The molecule has 1 aliphatic heterocycles. The number of carbonyl (C=O) groups is 2. The van der Waals surface area contributed by atoms with E-state index in [2.05, 4.69) is 0 Å². The van der Waals surface area contributed by atoms with Crippen LogP contribution in [0.1, 0.15) is 32.6 Å². The van der Waals surface area contributed by atoms with Crippen LogP contribution in [0.4, 0.5) is 4.79 Å². The summed E-state index contributed by atoms with van der Waals surface area (Å²) in [6.07, 6.45) is 1.86. The topological polar surface area (TPSA) is 66.8 Å². The number of likely N-dealkylation sites (tertiary alicyclic amines) is 1. The Hall–Kier alpha value is -1.26. The van der Waals surface area contributed by atoms with E-state index < -0.39 is 6.09 Å². The molecule has 0 aromatic rings. The van der Waals surface area contributed by atoms with Crippen LogP contribution in [-0.2, 0) is 9.53 Å². The Labute approximate surface area is 89.0 Å². The number of carbonyl (C=O) groups excluding carboxylic acids is 1. The summed E-state index contributed by atoms with van der Waals surface area (Å²) in [6, 6.07) is -0.199. The summed E-state index contributed by atoms with van der Waals surface area (Å²) in [4.78, 5) is 23.5. The van der Waals surface area contributed by atoms with Crippen molar-refractivity contribution in [2.45, 2.75) is 38.6 Å². The van der Waals surface area contributed by atoms with Crippen LogP contribution in [0.15, 0.2) is 0 Å². The highest BCUT2D eigenvalue weighted by atomic mass is 16.5. The number of piperidine rings is 1. The molecule has 1 aliphatic rings. The normalized spacial score (nSPS) is 21.1. The Morgan fingerprint density at radius 3 is 2.80 bits per heavy atom. The van der Waals surface area contributed by atoms with Crippen LogP contribution in [0.5, 0.6) is 0 Å². The van der Waals surface area contributed by atoms with Crippen molar-refractivity contribution in [3.05, 3.63) is 0 Å². The lowest BCUT2D eigenvalue weighted by molar-refractivity contribution is -0.144. The van der Waals surface area contributed by atoms with Crippen molar-refractivity contribution in [1.29, 1.82) is 0 Å². The number of rotatable bonds is 3. The average molecular weight is 215 g/mol. The van der Waals surface area contributed by atoms with Gasteiger partial charge in [0.15, 0.2) is 0 Å². The molecule has 1 heterocycles. The lowest BCUT2D eigenvalue weighted by Crippen LogP contribution is -2.44. The number of ether oxygens (including phenoxy) is 1. The smallest absolute Gasteiger partial charge is 0.407 e. The molecule has 0 spiro atoms.